The second kappa shape index (κ2) is 9.29. The minimum absolute atomic E-state index is 0.000731. The molecule has 0 saturated carbocycles. The van der Waals surface area contributed by atoms with Gasteiger partial charge in [0, 0.05) is 5.92 Å². The fraction of sp³-hybridized carbons (Fsp3) is 0.647. The third-order valence-electron chi connectivity index (χ3n) is 4.56. The Kier molecular flexibility index (Phi) is 7.33. The van der Waals surface area contributed by atoms with E-state index in [1.54, 1.807) is 13.0 Å². The second-order valence-corrected chi connectivity index (χ2v) is 6.18. The van der Waals surface area contributed by atoms with Gasteiger partial charge < -0.3 is 39.4 Å². The normalized spacial score (nSPS) is 36.3. The molecule has 0 spiro atoms. The molecule has 2 rings (SSSR count). The smallest absolute Gasteiger partial charge is 0.337 e. The van der Waals surface area contributed by atoms with Crippen LogP contribution in [0.4, 0.5) is 0 Å². The first-order valence-electron chi connectivity index (χ1n) is 8.39. The molecule has 2 aliphatic heterocycles. The van der Waals surface area contributed by atoms with Crippen molar-refractivity contribution in [1.82, 2.24) is 0 Å². The third-order valence-corrected chi connectivity index (χ3v) is 4.56. The summed E-state index contributed by atoms with van der Waals surface area (Å²) < 4.78 is 20.2. The molecular weight excluding hydrogens is 364 g/mol. The number of ether oxygens (including phenoxy) is 4. The molecule has 0 aliphatic carbocycles. The Morgan fingerprint density at radius 3 is 2.56 bits per heavy atom. The molecular formula is C17H24O10. The summed E-state index contributed by atoms with van der Waals surface area (Å²) in [5.41, 5.74) is 0.669. The number of aliphatic hydroxyl groups excluding tert-OH is 4. The van der Waals surface area contributed by atoms with Crippen molar-refractivity contribution < 1.29 is 49.0 Å². The Balaban J connectivity index is 2.25. The predicted octanol–water partition coefficient (Wildman–Crippen LogP) is -1.63. The lowest BCUT2D eigenvalue weighted by Crippen LogP contribution is -2.58. The highest BCUT2D eigenvalue weighted by molar-refractivity contribution is 5.90. The summed E-state index contributed by atoms with van der Waals surface area (Å²) in [6.07, 6.45) is -4.78. The van der Waals surface area contributed by atoms with E-state index in [0.717, 1.165) is 6.26 Å². The minimum Gasteiger partial charge on any atom is -0.469 e. The molecule has 152 valence electrons. The summed E-state index contributed by atoms with van der Waals surface area (Å²) in [4.78, 5) is 23.8. The number of hydrogen-bond acceptors (Lipinski definition) is 10. The standard InChI is InChI=1S/C17H24O10/c1-3-8-6-25-12(19)4-9(8)10(16(23)24-2)7-26-17-15(22)14(21)13(20)11(5-18)27-17/h3,7,9,11,13-15,17-18,20-22H,4-6H2,1-2H3/b8-3+,10-7+/t9-,11-,13+,14+,15+,17+/m0/s1. The highest BCUT2D eigenvalue weighted by Crippen LogP contribution is 2.31. The maximum absolute atomic E-state index is 12.2. The summed E-state index contributed by atoms with van der Waals surface area (Å²) in [5.74, 6) is -1.89. The minimum atomic E-state index is -1.63. The van der Waals surface area contributed by atoms with Crippen molar-refractivity contribution in [2.45, 2.75) is 44.1 Å². The average Bonchev–Trinajstić information content (AvgIpc) is 2.67. The van der Waals surface area contributed by atoms with Crippen LogP contribution in [0.1, 0.15) is 13.3 Å². The summed E-state index contributed by atoms with van der Waals surface area (Å²) in [7, 11) is 1.17. The quantitative estimate of drug-likeness (QED) is 0.187. The van der Waals surface area contributed by atoms with Crippen LogP contribution in [0, 0.1) is 5.92 Å². The number of carbonyl (C=O) groups is 2. The van der Waals surface area contributed by atoms with Gasteiger partial charge in [0.1, 0.15) is 31.0 Å². The maximum atomic E-state index is 12.2. The van der Waals surface area contributed by atoms with E-state index >= 15 is 0 Å². The van der Waals surface area contributed by atoms with Crippen molar-refractivity contribution in [2.75, 3.05) is 20.3 Å². The van der Waals surface area contributed by atoms with Crippen molar-refractivity contribution in [3.8, 4) is 0 Å². The number of methoxy groups -OCH3 is 1. The lowest BCUT2D eigenvalue weighted by atomic mass is 9.87. The van der Waals surface area contributed by atoms with Crippen LogP contribution in [0.5, 0.6) is 0 Å². The Hall–Kier alpha value is -1.98. The van der Waals surface area contributed by atoms with Gasteiger partial charge in [0.25, 0.3) is 0 Å². The average molecular weight is 388 g/mol. The molecule has 2 heterocycles. The number of esters is 2. The van der Waals surface area contributed by atoms with Crippen LogP contribution in [0.15, 0.2) is 23.5 Å². The Labute approximate surface area is 155 Å². The third kappa shape index (κ3) is 4.66. The van der Waals surface area contributed by atoms with Crippen LogP contribution in [0.25, 0.3) is 0 Å². The zero-order valence-corrected chi connectivity index (χ0v) is 15.0. The fourth-order valence-corrected chi connectivity index (χ4v) is 2.93. The van der Waals surface area contributed by atoms with Crippen molar-refractivity contribution in [3.63, 3.8) is 0 Å². The van der Waals surface area contributed by atoms with Crippen LogP contribution < -0.4 is 0 Å². The maximum Gasteiger partial charge on any atom is 0.337 e. The summed E-state index contributed by atoms with van der Waals surface area (Å²) in [6, 6.07) is 0. The van der Waals surface area contributed by atoms with E-state index in [-0.39, 0.29) is 18.6 Å². The molecule has 4 N–H and O–H groups in total. The summed E-state index contributed by atoms with van der Waals surface area (Å²) in [5, 5.41) is 38.8. The molecule has 6 atom stereocenters. The van der Waals surface area contributed by atoms with Gasteiger partial charge >= 0.3 is 11.9 Å². The first kappa shape index (κ1) is 21.3. The number of carbonyl (C=O) groups excluding carboxylic acids is 2. The van der Waals surface area contributed by atoms with Gasteiger partial charge in [0.05, 0.1) is 32.0 Å². The molecule has 0 aromatic carbocycles. The molecule has 2 aliphatic rings. The lowest BCUT2D eigenvalue weighted by Gasteiger charge is -2.39. The Morgan fingerprint density at radius 2 is 1.96 bits per heavy atom. The number of rotatable bonds is 5. The number of hydrogen-bond donors (Lipinski definition) is 4. The number of cyclic esters (lactones) is 1. The SMILES string of the molecule is C/C=C1\COC(=O)C[C@@H]1/C(=C\O[C@@H]1O[C@@H](CO)[C@@H](O)[C@@H](O)[C@H]1O)C(=O)OC. The molecule has 10 nitrogen and oxygen atoms in total. The first-order valence-corrected chi connectivity index (χ1v) is 8.39. The highest BCUT2D eigenvalue weighted by atomic mass is 16.7. The monoisotopic (exact) mass is 388 g/mol. The highest BCUT2D eigenvalue weighted by Gasteiger charge is 2.44. The van der Waals surface area contributed by atoms with Gasteiger partial charge in [-0.1, -0.05) is 6.08 Å². The molecule has 2 fully saturated rings. The van der Waals surface area contributed by atoms with Crippen LogP contribution in [0.2, 0.25) is 0 Å². The van der Waals surface area contributed by atoms with Crippen molar-refractivity contribution in [2.24, 2.45) is 5.92 Å². The molecule has 0 bridgehead atoms. The van der Waals surface area contributed by atoms with E-state index in [4.69, 9.17) is 18.9 Å². The zero-order valence-electron chi connectivity index (χ0n) is 15.0. The topological polar surface area (TPSA) is 152 Å². The molecule has 0 aromatic rings. The van der Waals surface area contributed by atoms with Gasteiger partial charge in [-0.25, -0.2) is 4.79 Å². The number of allylic oxidation sites excluding steroid dienone is 1. The Bertz CT molecular complexity index is 611. The molecule has 0 aromatic heterocycles. The largest absolute Gasteiger partial charge is 0.469 e. The molecule has 2 saturated heterocycles. The van der Waals surface area contributed by atoms with Gasteiger partial charge in [-0.05, 0) is 12.5 Å². The van der Waals surface area contributed by atoms with E-state index in [1.165, 1.54) is 7.11 Å². The van der Waals surface area contributed by atoms with Gasteiger partial charge in [0.15, 0.2) is 0 Å². The van der Waals surface area contributed by atoms with Crippen molar-refractivity contribution in [1.29, 1.82) is 0 Å². The predicted molar refractivity (Wildman–Crippen MR) is 87.8 cm³/mol. The molecule has 0 radical (unpaired) electrons. The van der Waals surface area contributed by atoms with E-state index in [1.807, 2.05) is 0 Å². The molecule has 0 amide bonds. The van der Waals surface area contributed by atoms with E-state index < -0.39 is 55.2 Å². The van der Waals surface area contributed by atoms with Crippen LogP contribution in [-0.2, 0) is 28.5 Å². The summed E-state index contributed by atoms with van der Waals surface area (Å²) in [6.45, 7) is 1.14. The summed E-state index contributed by atoms with van der Waals surface area (Å²) >= 11 is 0. The van der Waals surface area contributed by atoms with Crippen LogP contribution in [-0.4, -0.2) is 83.4 Å². The van der Waals surface area contributed by atoms with Crippen molar-refractivity contribution >= 4 is 11.9 Å². The molecule has 27 heavy (non-hydrogen) atoms. The Morgan fingerprint density at radius 1 is 1.26 bits per heavy atom. The first-order chi connectivity index (χ1) is 12.8. The van der Waals surface area contributed by atoms with E-state index in [2.05, 4.69) is 0 Å². The van der Waals surface area contributed by atoms with Gasteiger partial charge in [-0.3, -0.25) is 4.79 Å². The van der Waals surface area contributed by atoms with Crippen molar-refractivity contribution in [3.05, 3.63) is 23.5 Å². The van der Waals surface area contributed by atoms with Crippen LogP contribution in [0.3, 0.4) is 0 Å². The van der Waals surface area contributed by atoms with Crippen LogP contribution >= 0.6 is 0 Å². The number of aliphatic hydroxyl groups is 4. The zero-order chi connectivity index (χ0) is 20.1. The second-order valence-electron chi connectivity index (χ2n) is 6.18. The van der Waals surface area contributed by atoms with Gasteiger partial charge in [-0.2, -0.15) is 0 Å². The van der Waals surface area contributed by atoms with E-state index in [0.29, 0.717) is 5.57 Å². The molecule has 0 unspecified atom stereocenters. The fourth-order valence-electron chi connectivity index (χ4n) is 2.93. The van der Waals surface area contributed by atoms with Gasteiger partial charge in [-0.15, -0.1) is 0 Å². The van der Waals surface area contributed by atoms with E-state index in [9.17, 15) is 30.0 Å². The lowest BCUT2D eigenvalue weighted by molar-refractivity contribution is -0.288. The molecule has 10 heteroatoms. The van der Waals surface area contributed by atoms with Gasteiger partial charge in [0.2, 0.25) is 6.29 Å².